The Kier molecular flexibility index (Phi) is 5.66. The molecule has 0 radical (unpaired) electrons. The van der Waals surface area contributed by atoms with E-state index in [1.165, 1.54) is 0 Å². The first-order valence-electron chi connectivity index (χ1n) is 4.06. The summed E-state index contributed by atoms with van der Waals surface area (Å²) in [5.74, 6) is 0.950. The Balaban J connectivity index is 0.00000144. The van der Waals surface area contributed by atoms with Crippen LogP contribution in [0.1, 0.15) is 19.2 Å². The van der Waals surface area contributed by atoms with Gasteiger partial charge in [-0.2, -0.15) is 0 Å². The maximum absolute atomic E-state index is 9.05. The minimum absolute atomic E-state index is 0. The Hall–Kier alpha value is -0.610. The molecule has 0 amide bonds. The summed E-state index contributed by atoms with van der Waals surface area (Å²) in [6, 6.07) is 0. The van der Waals surface area contributed by atoms with Crippen LogP contribution < -0.4 is 0 Å². The Bertz CT molecular complexity index is 258. The molecule has 74 valence electrons. The number of halogens is 1. The number of aryl methyl sites for hydroxylation is 1. The fourth-order valence-corrected chi connectivity index (χ4v) is 1.04. The molecule has 0 fully saturated rings. The van der Waals surface area contributed by atoms with Crippen molar-refractivity contribution in [3.05, 3.63) is 24.8 Å². The zero-order chi connectivity index (χ0) is 8.97. The Morgan fingerprint density at radius 3 is 3.00 bits per heavy atom. The molecule has 1 aromatic rings. The van der Waals surface area contributed by atoms with E-state index in [0.29, 0.717) is 0 Å². The SMILES string of the molecule is Br.C=Cn1ccnc1CCC(C)O. The third kappa shape index (κ3) is 3.74. The molecule has 1 unspecified atom stereocenters. The quantitative estimate of drug-likeness (QED) is 0.882. The number of nitrogens with zero attached hydrogens (tertiary/aromatic N) is 2. The van der Waals surface area contributed by atoms with Gasteiger partial charge in [0, 0.05) is 25.0 Å². The molecule has 0 spiro atoms. The van der Waals surface area contributed by atoms with Gasteiger partial charge >= 0.3 is 0 Å². The van der Waals surface area contributed by atoms with Crippen LogP contribution in [-0.2, 0) is 6.42 Å². The zero-order valence-electron chi connectivity index (χ0n) is 7.68. The summed E-state index contributed by atoms with van der Waals surface area (Å²) in [6.45, 7) is 5.43. The summed E-state index contributed by atoms with van der Waals surface area (Å²) < 4.78 is 1.86. The number of rotatable bonds is 4. The molecule has 0 saturated carbocycles. The van der Waals surface area contributed by atoms with Crippen molar-refractivity contribution in [2.75, 3.05) is 0 Å². The third-order valence-electron chi connectivity index (χ3n) is 1.73. The summed E-state index contributed by atoms with van der Waals surface area (Å²) in [5, 5.41) is 9.05. The van der Waals surface area contributed by atoms with Crippen molar-refractivity contribution in [1.29, 1.82) is 0 Å². The van der Waals surface area contributed by atoms with Crippen molar-refractivity contribution in [2.24, 2.45) is 0 Å². The van der Waals surface area contributed by atoms with Gasteiger partial charge in [-0.25, -0.2) is 4.98 Å². The van der Waals surface area contributed by atoms with Gasteiger partial charge in [-0.05, 0) is 13.3 Å². The van der Waals surface area contributed by atoms with Crippen molar-refractivity contribution < 1.29 is 5.11 Å². The first-order chi connectivity index (χ1) is 5.74. The highest BCUT2D eigenvalue weighted by molar-refractivity contribution is 8.93. The maximum atomic E-state index is 9.05. The molecule has 1 heterocycles. The molecular weight excluding hydrogens is 232 g/mol. The second-order valence-electron chi connectivity index (χ2n) is 2.82. The molecule has 1 atom stereocenters. The molecule has 0 saturated heterocycles. The summed E-state index contributed by atoms with van der Waals surface area (Å²) in [5.41, 5.74) is 0. The van der Waals surface area contributed by atoms with Gasteiger partial charge in [0.05, 0.1) is 6.10 Å². The molecule has 1 aromatic heterocycles. The van der Waals surface area contributed by atoms with E-state index in [1.807, 2.05) is 10.8 Å². The van der Waals surface area contributed by atoms with Gasteiger partial charge in [0.2, 0.25) is 0 Å². The molecule has 0 aromatic carbocycles. The van der Waals surface area contributed by atoms with Crippen molar-refractivity contribution in [3.8, 4) is 0 Å². The summed E-state index contributed by atoms with van der Waals surface area (Å²) in [6.07, 6.45) is 6.56. The van der Waals surface area contributed by atoms with Crippen LogP contribution in [0.4, 0.5) is 0 Å². The van der Waals surface area contributed by atoms with Gasteiger partial charge in [0.15, 0.2) is 0 Å². The molecule has 1 N–H and O–H groups in total. The van der Waals surface area contributed by atoms with E-state index in [2.05, 4.69) is 11.6 Å². The molecule has 1 rings (SSSR count). The minimum atomic E-state index is -0.264. The lowest BCUT2D eigenvalue weighted by Gasteiger charge is -2.03. The van der Waals surface area contributed by atoms with Crippen LogP contribution in [0.3, 0.4) is 0 Å². The van der Waals surface area contributed by atoms with E-state index in [0.717, 1.165) is 18.7 Å². The van der Waals surface area contributed by atoms with Gasteiger partial charge in [0.25, 0.3) is 0 Å². The van der Waals surface area contributed by atoms with E-state index in [4.69, 9.17) is 5.11 Å². The second kappa shape index (κ2) is 5.94. The van der Waals surface area contributed by atoms with Gasteiger partial charge in [-0.3, -0.25) is 0 Å². The summed E-state index contributed by atoms with van der Waals surface area (Å²) >= 11 is 0. The molecule has 13 heavy (non-hydrogen) atoms. The molecule has 0 bridgehead atoms. The van der Waals surface area contributed by atoms with Gasteiger partial charge in [0.1, 0.15) is 5.82 Å². The standard InChI is InChI=1S/C9H14N2O.BrH/c1-3-11-7-6-10-9(11)5-4-8(2)12;/h3,6-8,12H,1,4-5H2,2H3;1H. The average Bonchev–Trinajstić information content (AvgIpc) is 2.47. The monoisotopic (exact) mass is 246 g/mol. The number of aliphatic hydroxyl groups excluding tert-OH is 1. The number of hydrogen-bond donors (Lipinski definition) is 1. The first kappa shape index (κ1) is 12.4. The Morgan fingerprint density at radius 2 is 2.46 bits per heavy atom. The molecule has 0 aliphatic rings. The number of hydrogen-bond acceptors (Lipinski definition) is 2. The van der Waals surface area contributed by atoms with Crippen LogP contribution in [0.2, 0.25) is 0 Å². The van der Waals surface area contributed by atoms with Crippen LogP contribution in [0.15, 0.2) is 19.0 Å². The predicted octanol–water partition coefficient (Wildman–Crippen LogP) is 1.87. The van der Waals surface area contributed by atoms with Crippen LogP contribution >= 0.6 is 17.0 Å². The fraction of sp³-hybridized carbons (Fsp3) is 0.444. The molecule has 4 heteroatoms. The maximum Gasteiger partial charge on any atom is 0.112 e. The normalized spacial score (nSPS) is 11.8. The highest BCUT2D eigenvalue weighted by Crippen LogP contribution is 2.03. The minimum Gasteiger partial charge on any atom is -0.393 e. The molecule has 0 aliphatic heterocycles. The van der Waals surface area contributed by atoms with Crippen LogP contribution in [0.25, 0.3) is 6.20 Å². The number of aromatic nitrogens is 2. The zero-order valence-corrected chi connectivity index (χ0v) is 9.39. The van der Waals surface area contributed by atoms with Crippen molar-refractivity contribution in [3.63, 3.8) is 0 Å². The third-order valence-corrected chi connectivity index (χ3v) is 1.73. The van der Waals surface area contributed by atoms with Crippen LogP contribution in [-0.4, -0.2) is 20.8 Å². The Labute approximate surface area is 88.9 Å². The van der Waals surface area contributed by atoms with Crippen LogP contribution in [0.5, 0.6) is 0 Å². The van der Waals surface area contributed by atoms with E-state index < -0.39 is 0 Å². The first-order valence-corrected chi connectivity index (χ1v) is 4.06. The summed E-state index contributed by atoms with van der Waals surface area (Å²) in [4.78, 5) is 4.14. The fourth-order valence-electron chi connectivity index (χ4n) is 1.04. The van der Waals surface area contributed by atoms with Crippen molar-refractivity contribution in [1.82, 2.24) is 9.55 Å². The van der Waals surface area contributed by atoms with E-state index in [9.17, 15) is 0 Å². The molecule has 0 aliphatic carbocycles. The van der Waals surface area contributed by atoms with Gasteiger partial charge < -0.3 is 9.67 Å². The number of imidazole rings is 1. The second-order valence-corrected chi connectivity index (χ2v) is 2.82. The Morgan fingerprint density at radius 1 is 1.77 bits per heavy atom. The van der Waals surface area contributed by atoms with Gasteiger partial charge in [-0.1, -0.05) is 6.58 Å². The topological polar surface area (TPSA) is 38.0 Å². The highest BCUT2D eigenvalue weighted by Gasteiger charge is 2.01. The largest absolute Gasteiger partial charge is 0.393 e. The van der Waals surface area contributed by atoms with Crippen LogP contribution in [0, 0.1) is 0 Å². The highest BCUT2D eigenvalue weighted by atomic mass is 79.9. The number of aliphatic hydroxyl groups is 1. The lowest BCUT2D eigenvalue weighted by atomic mass is 10.2. The van der Waals surface area contributed by atoms with E-state index in [1.54, 1.807) is 19.3 Å². The average molecular weight is 247 g/mol. The van der Waals surface area contributed by atoms with E-state index in [-0.39, 0.29) is 23.1 Å². The lowest BCUT2D eigenvalue weighted by Crippen LogP contribution is -2.04. The van der Waals surface area contributed by atoms with E-state index >= 15 is 0 Å². The van der Waals surface area contributed by atoms with Crippen molar-refractivity contribution >= 4 is 23.2 Å². The molecular formula is C9H15BrN2O. The van der Waals surface area contributed by atoms with Crippen molar-refractivity contribution in [2.45, 2.75) is 25.9 Å². The lowest BCUT2D eigenvalue weighted by molar-refractivity contribution is 0.184. The van der Waals surface area contributed by atoms with Gasteiger partial charge in [-0.15, -0.1) is 17.0 Å². The summed E-state index contributed by atoms with van der Waals surface area (Å²) in [7, 11) is 0. The molecule has 3 nitrogen and oxygen atoms in total. The predicted molar refractivity (Wildman–Crippen MR) is 58.9 cm³/mol. The smallest absolute Gasteiger partial charge is 0.112 e.